The zero-order chi connectivity index (χ0) is 24.8. The molecule has 0 fully saturated rings. The number of imidazole rings is 1. The van der Waals surface area contributed by atoms with Crippen LogP contribution in [0.25, 0.3) is 33.5 Å². The van der Waals surface area contributed by atoms with Gasteiger partial charge in [-0.3, -0.25) is 14.9 Å². The van der Waals surface area contributed by atoms with Crippen LogP contribution in [-0.4, -0.2) is 42.0 Å². The molecule has 0 bridgehead atoms. The zero-order valence-corrected chi connectivity index (χ0v) is 20.2. The van der Waals surface area contributed by atoms with Crippen molar-refractivity contribution in [3.8, 4) is 22.6 Å². The summed E-state index contributed by atoms with van der Waals surface area (Å²) in [5.74, 6) is 0.483. The largest absolute Gasteiger partial charge is 0.333 e. The van der Waals surface area contributed by atoms with Gasteiger partial charge in [-0.1, -0.05) is 30.3 Å². The van der Waals surface area contributed by atoms with Crippen molar-refractivity contribution in [3.05, 3.63) is 89.0 Å². The van der Waals surface area contributed by atoms with Crippen molar-refractivity contribution in [2.45, 2.75) is 39.4 Å². The van der Waals surface area contributed by atoms with Crippen LogP contribution in [0.5, 0.6) is 0 Å². The maximum absolute atomic E-state index is 13.2. The Morgan fingerprint density at radius 3 is 2.64 bits per heavy atom. The second-order valence-electron chi connectivity index (χ2n) is 9.56. The number of nitrogens with one attached hydrogen (secondary N) is 2. The highest BCUT2D eigenvalue weighted by Crippen LogP contribution is 2.32. The molecule has 1 aliphatic heterocycles. The molecule has 4 N–H and O–H groups in total. The van der Waals surface area contributed by atoms with E-state index in [2.05, 4.69) is 56.3 Å². The van der Waals surface area contributed by atoms with Gasteiger partial charge < -0.3 is 15.6 Å². The van der Waals surface area contributed by atoms with E-state index in [1.54, 1.807) is 6.20 Å². The van der Waals surface area contributed by atoms with Crippen molar-refractivity contribution in [3.63, 3.8) is 0 Å². The number of nitrogens with zero attached hydrogens (tertiary/aromatic N) is 4. The minimum absolute atomic E-state index is 0.0642. The summed E-state index contributed by atoms with van der Waals surface area (Å²) in [7, 11) is 0. The predicted octanol–water partition coefficient (Wildman–Crippen LogP) is 4.37. The fraction of sp³-hybridized carbons (Fsp3) is 0.214. The van der Waals surface area contributed by atoms with E-state index in [9.17, 15) is 4.79 Å². The van der Waals surface area contributed by atoms with Gasteiger partial charge in [-0.15, -0.1) is 0 Å². The summed E-state index contributed by atoms with van der Waals surface area (Å²) in [4.78, 5) is 27.2. The summed E-state index contributed by atoms with van der Waals surface area (Å²) in [6.45, 7) is 5.32. The molecule has 1 amide bonds. The lowest BCUT2D eigenvalue weighted by atomic mass is 9.95. The van der Waals surface area contributed by atoms with Gasteiger partial charge in [-0.25, -0.2) is 4.98 Å². The number of aromatic nitrogens is 5. The van der Waals surface area contributed by atoms with Gasteiger partial charge in [0.25, 0.3) is 5.91 Å². The van der Waals surface area contributed by atoms with Crippen molar-refractivity contribution in [2.24, 2.45) is 5.73 Å². The molecule has 0 spiro atoms. The second kappa shape index (κ2) is 8.73. The van der Waals surface area contributed by atoms with Gasteiger partial charge in [-0.05, 0) is 60.2 Å². The molecular weight excluding hydrogens is 450 g/mol. The average Bonchev–Trinajstić information content (AvgIpc) is 3.62. The van der Waals surface area contributed by atoms with Crippen LogP contribution < -0.4 is 5.73 Å². The van der Waals surface area contributed by atoms with Crippen molar-refractivity contribution in [2.75, 3.05) is 0 Å². The van der Waals surface area contributed by atoms with Gasteiger partial charge in [0, 0.05) is 42.5 Å². The first-order valence-corrected chi connectivity index (χ1v) is 12.1. The molecule has 8 nitrogen and oxygen atoms in total. The molecule has 1 unspecified atom stereocenters. The zero-order valence-electron chi connectivity index (χ0n) is 20.2. The standard InChI is InChI=1S/C28H27N7O/c1-16(29)9-21-11-30-12-23(17(21)2)18-7-8-24-22(10-18)26(34-33-24)27-31-13-25(32-27)28(36)35-14-19-5-3-4-6-20(19)15-35/h3-8,10-13,16H,9,14-15,29H2,1-2H3,(H,31,32)(H,33,34). The van der Waals surface area contributed by atoms with Gasteiger partial charge in [-0.2, -0.15) is 5.10 Å². The number of aromatic amines is 2. The number of carbonyl (C=O) groups excluding carboxylic acids is 1. The number of fused-ring (bicyclic) bond motifs is 2. The number of nitrogens with two attached hydrogens (primary N) is 1. The first-order valence-electron chi connectivity index (χ1n) is 12.1. The summed E-state index contributed by atoms with van der Waals surface area (Å²) in [5, 5.41) is 8.51. The number of hydrogen-bond acceptors (Lipinski definition) is 5. The molecule has 1 aliphatic rings. The average molecular weight is 478 g/mol. The number of H-pyrrole nitrogens is 2. The Balaban J connectivity index is 1.31. The third kappa shape index (κ3) is 3.85. The molecule has 5 aromatic rings. The Labute approximate surface area is 208 Å². The molecule has 0 saturated carbocycles. The molecule has 4 heterocycles. The topological polar surface area (TPSA) is 117 Å². The normalized spacial score (nSPS) is 13.8. The first-order chi connectivity index (χ1) is 17.5. The fourth-order valence-corrected chi connectivity index (χ4v) is 4.97. The highest BCUT2D eigenvalue weighted by atomic mass is 16.2. The SMILES string of the molecule is Cc1c(CC(C)N)cncc1-c1ccc2[nH]nc(-c3ncc(C(=O)N4Cc5ccccc5C4)[nH]3)c2c1. The second-order valence-corrected chi connectivity index (χ2v) is 9.56. The smallest absolute Gasteiger partial charge is 0.272 e. The van der Waals surface area contributed by atoms with Crippen molar-refractivity contribution < 1.29 is 4.79 Å². The summed E-state index contributed by atoms with van der Waals surface area (Å²) in [5.41, 5.74) is 14.8. The van der Waals surface area contributed by atoms with Crippen LogP contribution in [0.2, 0.25) is 0 Å². The number of benzene rings is 2. The highest BCUT2D eigenvalue weighted by molar-refractivity contribution is 5.96. The van der Waals surface area contributed by atoms with E-state index in [-0.39, 0.29) is 11.9 Å². The molecule has 180 valence electrons. The lowest BCUT2D eigenvalue weighted by molar-refractivity contribution is 0.0746. The van der Waals surface area contributed by atoms with Crippen LogP contribution in [0.15, 0.2) is 61.1 Å². The summed E-state index contributed by atoms with van der Waals surface area (Å²) >= 11 is 0. The Morgan fingerprint density at radius 1 is 1.11 bits per heavy atom. The van der Waals surface area contributed by atoms with Gasteiger partial charge in [0.2, 0.25) is 0 Å². The number of pyridine rings is 1. The summed E-state index contributed by atoms with van der Waals surface area (Å²) < 4.78 is 0. The van der Waals surface area contributed by atoms with E-state index >= 15 is 0 Å². The molecular formula is C28H27N7O. The lowest BCUT2D eigenvalue weighted by Gasteiger charge is -2.13. The van der Waals surface area contributed by atoms with E-state index < -0.39 is 0 Å². The molecule has 0 saturated heterocycles. The number of rotatable bonds is 5. The van der Waals surface area contributed by atoms with Gasteiger partial charge in [0.15, 0.2) is 5.82 Å². The van der Waals surface area contributed by atoms with E-state index in [1.165, 1.54) is 16.7 Å². The maximum atomic E-state index is 13.2. The van der Waals surface area contributed by atoms with Crippen LogP contribution >= 0.6 is 0 Å². The Morgan fingerprint density at radius 2 is 1.89 bits per heavy atom. The summed E-state index contributed by atoms with van der Waals surface area (Å²) in [6, 6.07) is 14.4. The molecule has 1 atom stereocenters. The van der Waals surface area contributed by atoms with E-state index in [0.717, 1.165) is 34.0 Å². The first kappa shape index (κ1) is 22.2. The molecule has 36 heavy (non-hydrogen) atoms. The highest BCUT2D eigenvalue weighted by Gasteiger charge is 2.26. The molecule has 6 rings (SSSR count). The lowest BCUT2D eigenvalue weighted by Crippen LogP contribution is -2.25. The van der Waals surface area contributed by atoms with Crippen LogP contribution in [0.3, 0.4) is 0 Å². The third-order valence-electron chi connectivity index (χ3n) is 6.89. The molecule has 3 aromatic heterocycles. The third-order valence-corrected chi connectivity index (χ3v) is 6.89. The van der Waals surface area contributed by atoms with E-state index in [0.29, 0.717) is 30.3 Å². The Kier molecular flexibility index (Phi) is 5.38. The molecule has 0 aliphatic carbocycles. The number of amides is 1. The van der Waals surface area contributed by atoms with Crippen molar-refractivity contribution >= 4 is 16.8 Å². The van der Waals surface area contributed by atoms with Crippen LogP contribution in [0, 0.1) is 6.92 Å². The van der Waals surface area contributed by atoms with Gasteiger partial charge >= 0.3 is 0 Å². The van der Waals surface area contributed by atoms with Crippen LogP contribution in [0.1, 0.15) is 39.7 Å². The molecule has 0 radical (unpaired) electrons. The fourth-order valence-electron chi connectivity index (χ4n) is 4.97. The summed E-state index contributed by atoms with van der Waals surface area (Å²) in [6.07, 6.45) is 6.15. The predicted molar refractivity (Wildman–Crippen MR) is 139 cm³/mol. The molecule has 8 heteroatoms. The maximum Gasteiger partial charge on any atom is 0.272 e. The Bertz CT molecular complexity index is 1570. The van der Waals surface area contributed by atoms with Crippen LogP contribution in [0.4, 0.5) is 0 Å². The molecule has 2 aromatic carbocycles. The van der Waals surface area contributed by atoms with Gasteiger partial charge in [0.1, 0.15) is 11.4 Å². The van der Waals surface area contributed by atoms with Gasteiger partial charge in [0.05, 0.1) is 11.7 Å². The number of hydrogen-bond donors (Lipinski definition) is 3. The minimum Gasteiger partial charge on any atom is -0.333 e. The quantitative estimate of drug-likeness (QED) is 0.348. The van der Waals surface area contributed by atoms with Crippen molar-refractivity contribution in [1.82, 2.24) is 30.0 Å². The van der Waals surface area contributed by atoms with E-state index in [4.69, 9.17) is 5.73 Å². The monoisotopic (exact) mass is 477 g/mol. The number of carbonyl (C=O) groups is 1. The minimum atomic E-state index is -0.0712. The Hall–Kier alpha value is -4.30. The van der Waals surface area contributed by atoms with Crippen LogP contribution in [-0.2, 0) is 19.5 Å². The van der Waals surface area contributed by atoms with Crippen molar-refractivity contribution in [1.29, 1.82) is 0 Å². The van der Waals surface area contributed by atoms with E-state index in [1.807, 2.05) is 42.4 Å².